The fraction of sp³-hybridized carbons (Fsp3) is 0.286. The third-order valence-electron chi connectivity index (χ3n) is 4.54. The SMILES string of the molecule is CC(C)C(NC(=O)/C=C/c1cc([N+](=O)[O-])cc2c1OCOC2)c1ccc(Cl)cc1. The van der Waals surface area contributed by atoms with Gasteiger partial charge in [0.1, 0.15) is 5.75 Å². The zero-order valence-electron chi connectivity index (χ0n) is 16.1. The Morgan fingerprint density at radius 2 is 2.00 bits per heavy atom. The van der Waals surface area contributed by atoms with Crippen LogP contribution in [0.25, 0.3) is 6.08 Å². The Morgan fingerprint density at radius 1 is 1.28 bits per heavy atom. The maximum absolute atomic E-state index is 12.5. The van der Waals surface area contributed by atoms with Crippen LogP contribution >= 0.6 is 11.6 Å². The van der Waals surface area contributed by atoms with E-state index in [2.05, 4.69) is 5.32 Å². The van der Waals surface area contributed by atoms with Gasteiger partial charge in [-0.2, -0.15) is 0 Å². The average Bonchev–Trinajstić information content (AvgIpc) is 2.70. The van der Waals surface area contributed by atoms with E-state index in [1.54, 1.807) is 12.1 Å². The summed E-state index contributed by atoms with van der Waals surface area (Å²) >= 11 is 5.95. The number of ether oxygens (including phenoxy) is 2. The molecule has 8 heteroatoms. The molecule has 1 aliphatic rings. The second kappa shape index (κ2) is 9.07. The van der Waals surface area contributed by atoms with Gasteiger partial charge in [-0.05, 0) is 29.7 Å². The summed E-state index contributed by atoms with van der Waals surface area (Å²) in [6.07, 6.45) is 2.87. The number of nitro groups is 1. The molecule has 29 heavy (non-hydrogen) atoms. The highest BCUT2D eigenvalue weighted by Gasteiger charge is 2.21. The second-order valence-corrected chi connectivity index (χ2v) is 7.44. The van der Waals surface area contributed by atoms with Crippen LogP contribution < -0.4 is 10.1 Å². The van der Waals surface area contributed by atoms with Crippen LogP contribution in [0.3, 0.4) is 0 Å². The van der Waals surface area contributed by atoms with E-state index >= 15 is 0 Å². The number of halogens is 1. The van der Waals surface area contributed by atoms with Crippen molar-refractivity contribution < 1.29 is 19.2 Å². The van der Waals surface area contributed by atoms with Gasteiger partial charge in [0.2, 0.25) is 5.91 Å². The van der Waals surface area contributed by atoms with Crippen LogP contribution in [0.1, 0.15) is 36.6 Å². The van der Waals surface area contributed by atoms with Crippen molar-refractivity contribution in [2.24, 2.45) is 5.92 Å². The van der Waals surface area contributed by atoms with Gasteiger partial charge >= 0.3 is 0 Å². The number of hydrogen-bond donors (Lipinski definition) is 1. The number of non-ortho nitro benzene ring substituents is 1. The molecule has 0 bridgehead atoms. The molecule has 1 heterocycles. The minimum atomic E-state index is -0.484. The summed E-state index contributed by atoms with van der Waals surface area (Å²) in [5.74, 6) is 0.328. The lowest BCUT2D eigenvalue weighted by atomic mass is 9.96. The van der Waals surface area contributed by atoms with Crippen LogP contribution in [0.2, 0.25) is 5.02 Å². The lowest BCUT2D eigenvalue weighted by molar-refractivity contribution is -0.385. The van der Waals surface area contributed by atoms with Gasteiger partial charge in [0, 0.05) is 34.4 Å². The summed E-state index contributed by atoms with van der Waals surface area (Å²) in [5.41, 5.74) is 1.89. The highest BCUT2D eigenvalue weighted by Crippen LogP contribution is 2.33. The molecule has 1 amide bonds. The Balaban J connectivity index is 1.81. The van der Waals surface area contributed by atoms with Crippen LogP contribution in [-0.4, -0.2) is 17.6 Å². The molecule has 0 spiro atoms. The third kappa shape index (κ3) is 5.13. The van der Waals surface area contributed by atoms with E-state index in [4.69, 9.17) is 21.1 Å². The second-order valence-electron chi connectivity index (χ2n) is 7.01. The minimum absolute atomic E-state index is 0.0594. The first-order chi connectivity index (χ1) is 13.8. The van der Waals surface area contributed by atoms with E-state index in [0.717, 1.165) is 5.56 Å². The first-order valence-corrected chi connectivity index (χ1v) is 9.49. The number of nitro benzene ring substituents is 1. The summed E-state index contributed by atoms with van der Waals surface area (Å²) in [7, 11) is 0. The molecule has 1 aliphatic heterocycles. The number of amides is 1. The Labute approximate surface area is 173 Å². The highest BCUT2D eigenvalue weighted by atomic mass is 35.5. The van der Waals surface area contributed by atoms with E-state index in [1.165, 1.54) is 24.3 Å². The topological polar surface area (TPSA) is 90.7 Å². The standard InChI is InChI=1S/C21H21ClN2O5/c1-13(2)20(14-3-6-17(22)7-4-14)23-19(25)8-5-15-9-18(24(26)27)10-16-11-28-12-29-21(15)16/h3-10,13,20H,11-12H2,1-2H3,(H,23,25)/b8-5+. The van der Waals surface area contributed by atoms with Crippen LogP contribution in [0.5, 0.6) is 5.75 Å². The van der Waals surface area contributed by atoms with Gasteiger partial charge in [-0.1, -0.05) is 37.6 Å². The predicted molar refractivity (Wildman–Crippen MR) is 110 cm³/mol. The van der Waals surface area contributed by atoms with Crippen molar-refractivity contribution in [1.29, 1.82) is 0 Å². The van der Waals surface area contributed by atoms with Crippen molar-refractivity contribution in [3.05, 3.63) is 74.3 Å². The normalized spacial score (nSPS) is 14.3. The van der Waals surface area contributed by atoms with Crippen molar-refractivity contribution in [1.82, 2.24) is 5.32 Å². The van der Waals surface area contributed by atoms with E-state index in [-0.39, 0.29) is 37.0 Å². The summed E-state index contributed by atoms with van der Waals surface area (Å²) < 4.78 is 10.7. The highest BCUT2D eigenvalue weighted by molar-refractivity contribution is 6.30. The Bertz CT molecular complexity index is 941. The molecule has 7 nitrogen and oxygen atoms in total. The van der Waals surface area contributed by atoms with Crippen molar-refractivity contribution in [2.45, 2.75) is 26.5 Å². The van der Waals surface area contributed by atoms with Crippen molar-refractivity contribution in [3.8, 4) is 5.75 Å². The summed E-state index contributed by atoms with van der Waals surface area (Å²) in [6.45, 7) is 4.29. The van der Waals surface area contributed by atoms with Crippen LogP contribution in [-0.2, 0) is 16.1 Å². The van der Waals surface area contributed by atoms with Crippen LogP contribution in [0.15, 0.2) is 42.5 Å². The van der Waals surface area contributed by atoms with Gasteiger partial charge < -0.3 is 14.8 Å². The Kier molecular flexibility index (Phi) is 6.51. The Morgan fingerprint density at radius 3 is 2.66 bits per heavy atom. The van der Waals surface area contributed by atoms with Gasteiger partial charge in [-0.15, -0.1) is 0 Å². The fourth-order valence-electron chi connectivity index (χ4n) is 3.13. The molecule has 3 rings (SSSR count). The maximum Gasteiger partial charge on any atom is 0.270 e. The molecule has 2 aromatic carbocycles. The molecule has 0 aliphatic carbocycles. The van der Waals surface area contributed by atoms with E-state index < -0.39 is 4.92 Å². The molecule has 1 atom stereocenters. The monoisotopic (exact) mass is 416 g/mol. The van der Waals surface area contributed by atoms with Crippen molar-refractivity contribution >= 4 is 29.3 Å². The molecular weight excluding hydrogens is 396 g/mol. The first kappa shape index (κ1) is 20.8. The number of hydrogen-bond acceptors (Lipinski definition) is 5. The van der Waals surface area contributed by atoms with E-state index in [9.17, 15) is 14.9 Å². The maximum atomic E-state index is 12.5. The molecule has 152 valence electrons. The van der Waals surface area contributed by atoms with Gasteiger partial charge in [0.05, 0.1) is 17.6 Å². The molecule has 0 saturated carbocycles. The lowest BCUT2D eigenvalue weighted by Crippen LogP contribution is -2.30. The number of rotatable bonds is 6. The zero-order chi connectivity index (χ0) is 21.0. The lowest BCUT2D eigenvalue weighted by Gasteiger charge is -2.22. The molecule has 1 N–H and O–H groups in total. The number of benzene rings is 2. The van der Waals surface area contributed by atoms with Gasteiger partial charge in [0.25, 0.3) is 5.69 Å². The van der Waals surface area contributed by atoms with Crippen LogP contribution in [0, 0.1) is 16.0 Å². The molecule has 1 unspecified atom stereocenters. The van der Waals surface area contributed by atoms with Crippen molar-refractivity contribution in [3.63, 3.8) is 0 Å². The van der Waals surface area contributed by atoms with Crippen molar-refractivity contribution in [2.75, 3.05) is 6.79 Å². The number of nitrogens with zero attached hydrogens (tertiary/aromatic N) is 1. The largest absolute Gasteiger partial charge is 0.467 e. The van der Waals surface area contributed by atoms with Gasteiger partial charge in [-0.3, -0.25) is 14.9 Å². The molecule has 0 fully saturated rings. The van der Waals surface area contributed by atoms with Crippen LogP contribution in [0.4, 0.5) is 5.69 Å². The predicted octanol–water partition coefficient (Wildman–Crippen LogP) is 4.64. The molecule has 0 radical (unpaired) electrons. The quantitative estimate of drug-likeness (QED) is 0.420. The minimum Gasteiger partial charge on any atom is -0.467 e. The van der Waals surface area contributed by atoms with Gasteiger partial charge in [-0.25, -0.2) is 0 Å². The number of nitrogens with one attached hydrogen (secondary N) is 1. The summed E-state index contributed by atoms with van der Waals surface area (Å²) in [6, 6.07) is 9.91. The molecule has 0 aromatic heterocycles. The third-order valence-corrected chi connectivity index (χ3v) is 4.79. The Hall–Kier alpha value is -2.90. The smallest absolute Gasteiger partial charge is 0.270 e. The zero-order valence-corrected chi connectivity index (χ0v) is 16.8. The van der Waals surface area contributed by atoms with E-state index in [1.807, 2.05) is 26.0 Å². The summed E-state index contributed by atoms with van der Waals surface area (Å²) in [4.78, 5) is 23.2. The molecule has 2 aromatic rings. The first-order valence-electron chi connectivity index (χ1n) is 9.11. The van der Waals surface area contributed by atoms with E-state index in [0.29, 0.717) is 21.9 Å². The fourth-order valence-corrected chi connectivity index (χ4v) is 3.26. The number of carbonyl (C=O) groups is 1. The van der Waals surface area contributed by atoms with Gasteiger partial charge in [0.15, 0.2) is 6.79 Å². The molecular formula is C21H21ClN2O5. The number of carbonyl (C=O) groups excluding carboxylic acids is 1. The average molecular weight is 417 g/mol. The molecule has 0 saturated heterocycles. The number of fused-ring (bicyclic) bond motifs is 1. The summed E-state index contributed by atoms with van der Waals surface area (Å²) in [5, 5.41) is 14.8.